The average molecular weight is 194 g/mol. The van der Waals surface area contributed by atoms with Crippen LogP contribution in [0.5, 0.6) is 0 Å². The SMILES string of the molecule is O=[PH](O)CC1C=Cc2ccccc21. The first-order valence-electron chi connectivity index (χ1n) is 4.26. The molecule has 0 saturated carbocycles. The number of hydrogen-bond acceptors (Lipinski definition) is 1. The molecule has 3 heteroatoms. The minimum Gasteiger partial charge on any atom is -0.346 e. The van der Waals surface area contributed by atoms with Gasteiger partial charge in [0.1, 0.15) is 0 Å². The van der Waals surface area contributed by atoms with Crippen LogP contribution in [-0.4, -0.2) is 11.1 Å². The highest BCUT2D eigenvalue weighted by atomic mass is 31.1. The van der Waals surface area contributed by atoms with Crippen LogP contribution in [0.15, 0.2) is 30.3 Å². The highest BCUT2D eigenvalue weighted by molar-refractivity contribution is 7.38. The monoisotopic (exact) mass is 194 g/mol. The van der Waals surface area contributed by atoms with Crippen LogP contribution in [0.4, 0.5) is 0 Å². The summed E-state index contributed by atoms with van der Waals surface area (Å²) in [5, 5.41) is 0. The molecule has 68 valence electrons. The molecule has 0 amide bonds. The van der Waals surface area contributed by atoms with Crippen LogP contribution in [-0.2, 0) is 4.57 Å². The van der Waals surface area contributed by atoms with E-state index in [1.165, 1.54) is 11.1 Å². The summed E-state index contributed by atoms with van der Waals surface area (Å²) in [5.74, 6) is 0.146. The molecule has 13 heavy (non-hydrogen) atoms. The van der Waals surface area contributed by atoms with Crippen molar-refractivity contribution in [3.63, 3.8) is 0 Å². The zero-order valence-electron chi connectivity index (χ0n) is 7.10. The van der Waals surface area contributed by atoms with Crippen molar-refractivity contribution in [1.82, 2.24) is 0 Å². The predicted octanol–water partition coefficient (Wildman–Crippen LogP) is 2.26. The standard InChI is InChI=1S/C10H11O2P/c11-13(12)7-9-6-5-8-3-1-2-4-10(8)9/h1-6,9,13H,7H2,(H,11,12). The van der Waals surface area contributed by atoms with Gasteiger partial charge in [-0.05, 0) is 11.1 Å². The second-order valence-electron chi connectivity index (χ2n) is 3.19. The smallest absolute Gasteiger partial charge is 0.190 e. The first-order valence-corrected chi connectivity index (χ1v) is 5.82. The van der Waals surface area contributed by atoms with Gasteiger partial charge in [-0.3, -0.25) is 4.57 Å². The van der Waals surface area contributed by atoms with E-state index in [-0.39, 0.29) is 5.92 Å². The Kier molecular flexibility index (Phi) is 2.34. The van der Waals surface area contributed by atoms with E-state index in [1.807, 2.05) is 36.4 Å². The highest BCUT2D eigenvalue weighted by Gasteiger charge is 2.17. The number of benzene rings is 1. The first-order chi connectivity index (χ1) is 6.27. The summed E-state index contributed by atoms with van der Waals surface area (Å²) in [7, 11) is -2.36. The van der Waals surface area contributed by atoms with E-state index in [0.717, 1.165) is 0 Å². The van der Waals surface area contributed by atoms with Crippen molar-refractivity contribution in [2.45, 2.75) is 5.92 Å². The molecular weight excluding hydrogens is 183 g/mol. The minimum atomic E-state index is -2.36. The Morgan fingerprint density at radius 2 is 2.15 bits per heavy atom. The van der Waals surface area contributed by atoms with Gasteiger partial charge in [0.15, 0.2) is 8.03 Å². The van der Waals surface area contributed by atoms with Gasteiger partial charge in [0.25, 0.3) is 0 Å². The van der Waals surface area contributed by atoms with Crippen LogP contribution in [0.1, 0.15) is 17.0 Å². The third-order valence-corrected chi connectivity index (χ3v) is 3.09. The minimum absolute atomic E-state index is 0.146. The van der Waals surface area contributed by atoms with Crippen molar-refractivity contribution < 1.29 is 9.46 Å². The zero-order valence-corrected chi connectivity index (χ0v) is 8.10. The van der Waals surface area contributed by atoms with Gasteiger partial charge in [-0.2, -0.15) is 0 Å². The van der Waals surface area contributed by atoms with E-state index in [1.54, 1.807) is 0 Å². The van der Waals surface area contributed by atoms with Crippen LogP contribution < -0.4 is 0 Å². The van der Waals surface area contributed by atoms with E-state index < -0.39 is 8.03 Å². The second kappa shape index (κ2) is 3.49. The lowest BCUT2D eigenvalue weighted by atomic mass is 10.0. The molecule has 0 heterocycles. The molecule has 1 aromatic rings. The normalized spacial score (nSPS) is 21.5. The van der Waals surface area contributed by atoms with Crippen molar-refractivity contribution in [3.05, 3.63) is 41.5 Å². The maximum absolute atomic E-state index is 10.7. The van der Waals surface area contributed by atoms with Crippen molar-refractivity contribution in [1.29, 1.82) is 0 Å². The largest absolute Gasteiger partial charge is 0.346 e. The summed E-state index contributed by atoms with van der Waals surface area (Å²) < 4.78 is 10.7. The van der Waals surface area contributed by atoms with Gasteiger partial charge in [0.05, 0.1) is 0 Å². The molecule has 0 saturated heterocycles. The molecule has 0 spiro atoms. The lowest BCUT2D eigenvalue weighted by molar-refractivity contribution is 0.501. The van der Waals surface area contributed by atoms with Crippen molar-refractivity contribution in [2.24, 2.45) is 0 Å². The van der Waals surface area contributed by atoms with E-state index in [9.17, 15) is 4.57 Å². The Morgan fingerprint density at radius 1 is 1.38 bits per heavy atom. The Labute approximate surface area is 77.8 Å². The van der Waals surface area contributed by atoms with Crippen molar-refractivity contribution in [2.75, 3.05) is 6.16 Å². The van der Waals surface area contributed by atoms with Crippen LogP contribution in [0.2, 0.25) is 0 Å². The van der Waals surface area contributed by atoms with Gasteiger partial charge >= 0.3 is 0 Å². The van der Waals surface area contributed by atoms with Gasteiger partial charge in [-0.1, -0.05) is 36.4 Å². The maximum atomic E-state index is 10.7. The summed E-state index contributed by atoms with van der Waals surface area (Å²) in [4.78, 5) is 8.85. The van der Waals surface area contributed by atoms with Crippen LogP contribution in [0.3, 0.4) is 0 Å². The van der Waals surface area contributed by atoms with Crippen molar-refractivity contribution >= 4 is 14.1 Å². The van der Waals surface area contributed by atoms with Gasteiger partial charge in [-0.15, -0.1) is 0 Å². The summed E-state index contributed by atoms with van der Waals surface area (Å²) in [6, 6.07) is 7.99. The number of rotatable bonds is 2. The second-order valence-corrected chi connectivity index (χ2v) is 4.39. The predicted molar refractivity (Wildman–Crippen MR) is 54.3 cm³/mol. The molecule has 2 unspecified atom stereocenters. The fraction of sp³-hybridized carbons (Fsp3) is 0.200. The van der Waals surface area contributed by atoms with Gasteiger partial charge in [0.2, 0.25) is 0 Å². The topological polar surface area (TPSA) is 37.3 Å². The van der Waals surface area contributed by atoms with E-state index in [2.05, 4.69) is 0 Å². The fourth-order valence-electron chi connectivity index (χ4n) is 1.69. The number of fused-ring (bicyclic) bond motifs is 1. The molecule has 1 aromatic carbocycles. The summed E-state index contributed by atoms with van der Waals surface area (Å²) >= 11 is 0. The van der Waals surface area contributed by atoms with Gasteiger partial charge in [0, 0.05) is 12.1 Å². The fourth-order valence-corrected chi connectivity index (χ4v) is 2.42. The Hall–Kier alpha value is -0.850. The maximum Gasteiger partial charge on any atom is 0.190 e. The van der Waals surface area contributed by atoms with Gasteiger partial charge in [-0.25, -0.2) is 0 Å². The van der Waals surface area contributed by atoms with Gasteiger partial charge < -0.3 is 4.89 Å². The Balaban J connectivity index is 2.28. The third kappa shape index (κ3) is 1.74. The molecule has 0 aliphatic heterocycles. The van der Waals surface area contributed by atoms with E-state index in [0.29, 0.717) is 6.16 Å². The lowest BCUT2D eigenvalue weighted by Crippen LogP contribution is -1.95. The molecular formula is C10H11O2P. The molecule has 2 rings (SSSR count). The van der Waals surface area contributed by atoms with E-state index >= 15 is 0 Å². The summed E-state index contributed by atoms with van der Waals surface area (Å²) in [6.07, 6.45) is 4.40. The quantitative estimate of drug-likeness (QED) is 0.733. The summed E-state index contributed by atoms with van der Waals surface area (Å²) in [5.41, 5.74) is 2.35. The average Bonchev–Trinajstić information content (AvgIpc) is 2.48. The summed E-state index contributed by atoms with van der Waals surface area (Å²) in [6.45, 7) is 0. The molecule has 2 nitrogen and oxygen atoms in total. The highest BCUT2D eigenvalue weighted by Crippen LogP contribution is 2.34. The molecule has 1 aliphatic carbocycles. The molecule has 0 aromatic heterocycles. The molecule has 1 N–H and O–H groups in total. The van der Waals surface area contributed by atoms with E-state index in [4.69, 9.17) is 4.89 Å². The molecule has 0 fully saturated rings. The molecule has 0 radical (unpaired) electrons. The Bertz CT molecular complexity index is 371. The van der Waals surface area contributed by atoms with Crippen LogP contribution in [0, 0.1) is 0 Å². The number of allylic oxidation sites excluding steroid dienone is 1. The van der Waals surface area contributed by atoms with Crippen LogP contribution >= 0.6 is 8.03 Å². The molecule has 0 bridgehead atoms. The Morgan fingerprint density at radius 3 is 2.92 bits per heavy atom. The zero-order chi connectivity index (χ0) is 9.26. The molecule has 2 atom stereocenters. The third-order valence-electron chi connectivity index (χ3n) is 2.30. The molecule has 1 aliphatic rings. The number of hydrogen-bond donors (Lipinski definition) is 1. The van der Waals surface area contributed by atoms with Crippen molar-refractivity contribution in [3.8, 4) is 0 Å². The lowest BCUT2D eigenvalue weighted by Gasteiger charge is -2.07. The first kappa shape index (κ1) is 8.74. The van der Waals surface area contributed by atoms with Crippen LogP contribution in [0.25, 0.3) is 6.08 Å².